The number of para-hydroxylation sites is 2. The van der Waals surface area contributed by atoms with Gasteiger partial charge in [0.2, 0.25) is 16.0 Å². The van der Waals surface area contributed by atoms with Gasteiger partial charge in [-0.25, -0.2) is 13.4 Å². The van der Waals surface area contributed by atoms with E-state index in [0.29, 0.717) is 47.3 Å². The fourth-order valence-electron chi connectivity index (χ4n) is 5.76. The second kappa shape index (κ2) is 12.0. The molecular weight excluding hydrogens is 582 g/mol. The molecule has 2 atom stereocenters. The Morgan fingerprint density at radius 3 is 2.60 bits per heavy atom. The summed E-state index contributed by atoms with van der Waals surface area (Å²) in [6.45, 7) is 5.16. The number of nitrogens with zero attached hydrogens (tertiary/aromatic N) is 4. The molecule has 0 amide bonds. The smallest absolute Gasteiger partial charge is 0.229 e. The van der Waals surface area contributed by atoms with E-state index in [1.54, 1.807) is 31.4 Å². The van der Waals surface area contributed by atoms with Gasteiger partial charge in [-0.3, -0.25) is 9.62 Å². The van der Waals surface area contributed by atoms with Crippen LogP contribution in [0.1, 0.15) is 12.8 Å². The summed E-state index contributed by atoms with van der Waals surface area (Å²) in [5, 5.41) is 6.60. The second-order valence-corrected chi connectivity index (χ2v) is 12.7. The molecule has 224 valence electrons. The fraction of sp³-hybridized carbons (Fsp3) is 0.429. The molecule has 0 radical (unpaired) electrons. The minimum absolute atomic E-state index is 0.266. The van der Waals surface area contributed by atoms with Crippen LogP contribution in [0.15, 0.2) is 42.6 Å². The van der Waals surface area contributed by atoms with Gasteiger partial charge in [0.25, 0.3) is 0 Å². The van der Waals surface area contributed by atoms with E-state index in [4.69, 9.17) is 25.8 Å². The van der Waals surface area contributed by atoms with E-state index in [1.165, 1.54) is 6.20 Å². The number of hydrogen-bond donors (Lipinski definition) is 3. The molecule has 3 aliphatic heterocycles. The Bertz CT molecular complexity index is 1550. The van der Waals surface area contributed by atoms with Crippen LogP contribution in [0.25, 0.3) is 0 Å². The third kappa shape index (κ3) is 6.28. The van der Waals surface area contributed by atoms with E-state index in [2.05, 4.69) is 35.1 Å². The number of anilines is 6. The number of methoxy groups -OCH3 is 1. The van der Waals surface area contributed by atoms with Gasteiger partial charge in [-0.2, -0.15) is 4.98 Å². The normalized spacial score (nSPS) is 20.6. The summed E-state index contributed by atoms with van der Waals surface area (Å²) < 4.78 is 43.7. The first-order valence-corrected chi connectivity index (χ1v) is 16.1. The number of halogens is 1. The zero-order chi connectivity index (χ0) is 29.3. The number of fused-ring (bicyclic) bond motifs is 3. The number of morpholine rings is 1. The summed E-state index contributed by atoms with van der Waals surface area (Å²) in [7, 11) is -1.86. The Kier molecular flexibility index (Phi) is 8.17. The number of rotatable bonds is 8. The van der Waals surface area contributed by atoms with Crippen LogP contribution in [0.2, 0.25) is 5.02 Å². The van der Waals surface area contributed by atoms with Crippen molar-refractivity contribution in [2.75, 3.05) is 73.1 Å². The maximum Gasteiger partial charge on any atom is 0.229 e. The highest BCUT2D eigenvalue weighted by Gasteiger charge is 2.37. The van der Waals surface area contributed by atoms with Crippen molar-refractivity contribution in [1.29, 1.82) is 0 Å². The SMILES string of the molecule is COc1cc2c(cc1Nc1ncc(Cl)c(Nc3ccccc3NS(C)(=O)=O)n1)OC[C@H]1C[C@H](N3CCOCC3)CCN21. The van der Waals surface area contributed by atoms with Gasteiger partial charge in [0.1, 0.15) is 23.1 Å². The van der Waals surface area contributed by atoms with Gasteiger partial charge in [0, 0.05) is 37.8 Å². The maximum absolute atomic E-state index is 11.8. The van der Waals surface area contributed by atoms with Crippen LogP contribution < -0.4 is 29.7 Å². The molecule has 3 N–H and O–H groups in total. The maximum atomic E-state index is 11.8. The minimum atomic E-state index is -3.49. The first kappa shape index (κ1) is 28.6. The minimum Gasteiger partial charge on any atom is -0.494 e. The molecule has 42 heavy (non-hydrogen) atoms. The van der Waals surface area contributed by atoms with Crippen LogP contribution in [0.3, 0.4) is 0 Å². The number of ether oxygens (including phenoxy) is 3. The molecule has 2 fully saturated rings. The monoisotopic (exact) mass is 615 g/mol. The number of benzene rings is 2. The summed E-state index contributed by atoms with van der Waals surface area (Å²) in [5.74, 6) is 1.97. The average Bonchev–Trinajstić information content (AvgIpc) is 2.99. The molecule has 0 aliphatic carbocycles. The Morgan fingerprint density at radius 2 is 1.83 bits per heavy atom. The van der Waals surface area contributed by atoms with Crippen LogP contribution in [0.4, 0.5) is 34.5 Å². The highest BCUT2D eigenvalue weighted by Crippen LogP contribution is 2.44. The van der Waals surface area contributed by atoms with E-state index in [9.17, 15) is 8.42 Å². The molecule has 14 heteroatoms. The highest BCUT2D eigenvalue weighted by atomic mass is 35.5. The molecular formula is C28H34ClN7O5S. The number of piperidine rings is 1. The number of hydrogen-bond acceptors (Lipinski definition) is 11. The lowest BCUT2D eigenvalue weighted by Gasteiger charge is -2.47. The van der Waals surface area contributed by atoms with Crippen molar-refractivity contribution in [2.24, 2.45) is 0 Å². The predicted molar refractivity (Wildman–Crippen MR) is 164 cm³/mol. The lowest BCUT2D eigenvalue weighted by atomic mass is 9.94. The van der Waals surface area contributed by atoms with Gasteiger partial charge in [-0.1, -0.05) is 23.7 Å². The summed E-state index contributed by atoms with van der Waals surface area (Å²) >= 11 is 6.40. The largest absolute Gasteiger partial charge is 0.494 e. The quantitative estimate of drug-likeness (QED) is 0.339. The third-order valence-electron chi connectivity index (χ3n) is 7.74. The lowest BCUT2D eigenvalue weighted by Crippen LogP contribution is -2.55. The Balaban J connectivity index is 1.21. The van der Waals surface area contributed by atoms with E-state index >= 15 is 0 Å². The molecule has 0 bridgehead atoms. The van der Waals surface area contributed by atoms with Crippen molar-refractivity contribution in [3.05, 3.63) is 47.6 Å². The van der Waals surface area contributed by atoms with E-state index in [-0.39, 0.29) is 11.0 Å². The third-order valence-corrected chi connectivity index (χ3v) is 8.61. The first-order chi connectivity index (χ1) is 20.3. The van der Waals surface area contributed by atoms with Crippen molar-refractivity contribution >= 4 is 56.1 Å². The van der Waals surface area contributed by atoms with Crippen molar-refractivity contribution in [1.82, 2.24) is 14.9 Å². The molecule has 2 saturated heterocycles. The molecule has 0 spiro atoms. The molecule has 1 aromatic heterocycles. The molecule has 0 saturated carbocycles. The highest BCUT2D eigenvalue weighted by molar-refractivity contribution is 7.92. The van der Waals surface area contributed by atoms with E-state index in [1.807, 2.05) is 12.1 Å². The van der Waals surface area contributed by atoms with Crippen molar-refractivity contribution in [3.63, 3.8) is 0 Å². The van der Waals surface area contributed by atoms with E-state index < -0.39 is 10.0 Å². The van der Waals surface area contributed by atoms with E-state index in [0.717, 1.165) is 63.4 Å². The predicted octanol–water partition coefficient (Wildman–Crippen LogP) is 4.06. The van der Waals surface area contributed by atoms with Gasteiger partial charge in [0.05, 0.1) is 61.6 Å². The van der Waals surface area contributed by atoms with Gasteiger partial charge in [-0.15, -0.1) is 0 Å². The van der Waals surface area contributed by atoms with Crippen LogP contribution in [-0.4, -0.2) is 88.2 Å². The van der Waals surface area contributed by atoms with Crippen LogP contribution in [0, 0.1) is 0 Å². The molecule has 3 aromatic rings. The summed E-state index contributed by atoms with van der Waals surface area (Å²) in [4.78, 5) is 13.9. The van der Waals surface area contributed by atoms with Gasteiger partial charge >= 0.3 is 0 Å². The Hall–Kier alpha value is -3.52. The van der Waals surface area contributed by atoms with Crippen molar-refractivity contribution < 1.29 is 22.6 Å². The summed E-state index contributed by atoms with van der Waals surface area (Å²) in [6.07, 6.45) is 4.71. The zero-order valence-corrected chi connectivity index (χ0v) is 25.0. The Labute approximate surface area is 250 Å². The molecule has 12 nitrogen and oxygen atoms in total. The van der Waals surface area contributed by atoms with Gasteiger partial charge < -0.3 is 29.7 Å². The zero-order valence-electron chi connectivity index (χ0n) is 23.5. The van der Waals surface area contributed by atoms with Crippen LogP contribution in [0.5, 0.6) is 11.5 Å². The number of sulfonamides is 1. The number of nitrogens with one attached hydrogen (secondary N) is 3. The lowest BCUT2D eigenvalue weighted by molar-refractivity contribution is 0.00628. The molecule has 0 unspecified atom stereocenters. The van der Waals surface area contributed by atoms with Crippen molar-refractivity contribution in [3.8, 4) is 11.5 Å². The summed E-state index contributed by atoms with van der Waals surface area (Å²) in [5.41, 5.74) is 2.51. The molecule has 4 heterocycles. The standard InChI is InChI=1S/C28H34ClN7O5S/c1-39-25-15-24-26(41-17-19-13-18(7-8-36(19)24)35-9-11-40-12-10-35)14-23(25)32-28-30-16-20(29)27(33-28)31-21-5-3-4-6-22(21)34-42(2,37)38/h3-6,14-16,18-19,34H,7-13,17H2,1-2H3,(H2,30,31,32,33)/t18-,19-/m1/s1. The van der Waals surface area contributed by atoms with Crippen LogP contribution in [-0.2, 0) is 14.8 Å². The fourth-order valence-corrected chi connectivity index (χ4v) is 6.48. The molecule has 3 aliphatic rings. The first-order valence-electron chi connectivity index (χ1n) is 13.8. The van der Waals surface area contributed by atoms with Gasteiger partial charge in [-0.05, 0) is 25.0 Å². The van der Waals surface area contributed by atoms with Gasteiger partial charge in [0.15, 0.2) is 5.82 Å². The number of aromatic nitrogens is 2. The van der Waals surface area contributed by atoms with Crippen molar-refractivity contribution in [2.45, 2.75) is 24.9 Å². The summed E-state index contributed by atoms with van der Waals surface area (Å²) in [6, 6.07) is 11.6. The second-order valence-electron chi connectivity index (χ2n) is 10.6. The van der Waals surface area contributed by atoms with Crippen LogP contribution >= 0.6 is 11.6 Å². The Morgan fingerprint density at radius 1 is 1.05 bits per heavy atom. The topological polar surface area (TPSA) is 130 Å². The molecule has 6 rings (SSSR count). The average molecular weight is 616 g/mol. The molecule has 2 aromatic carbocycles.